The van der Waals surface area contributed by atoms with Crippen molar-refractivity contribution in [2.24, 2.45) is 5.73 Å². The van der Waals surface area contributed by atoms with Crippen LogP contribution in [0.15, 0.2) is 18.2 Å². The van der Waals surface area contributed by atoms with E-state index in [0.717, 1.165) is 26.1 Å². The number of benzene rings is 1. The molecule has 106 valence electrons. The standard InChI is InChI=1S/C16H27N3/c1-12-6-5-7-13(2)16(12)19-14(3)10-18(4)11-15(19)8-9-17/h5-7,14-15H,8-11,17H2,1-4H3. The van der Waals surface area contributed by atoms with Gasteiger partial charge in [0.2, 0.25) is 0 Å². The van der Waals surface area contributed by atoms with Crippen molar-refractivity contribution in [2.45, 2.75) is 39.3 Å². The molecule has 0 spiro atoms. The van der Waals surface area contributed by atoms with Crippen LogP contribution < -0.4 is 10.6 Å². The Balaban J connectivity index is 2.38. The van der Waals surface area contributed by atoms with Gasteiger partial charge in [0.15, 0.2) is 0 Å². The topological polar surface area (TPSA) is 32.5 Å². The summed E-state index contributed by atoms with van der Waals surface area (Å²) in [4.78, 5) is 5.03. The lowest BCUT2D eigenvalue weighted by Crippen LogP contribution is -2.57. The fourth-order valence-electron chi connectivity index (χ4n) is 3.46. The first-order valence-corrected chi connectivity index (χ1v) is 7.27. The van der Waals surface area contributed by atoms with Crippen LogP contribution in [0.2, 0.25) is 0 Å². The van der Waals surface area contributed by atoms with Crippen LogP contribution in [0.25, 0.3) is 0 Å². The third-order valence-corrected chi connectivity index (χ3v) is 4.16. The fraction of sp³-hybridized carbons (Fsp3) is 0.625. The van der Waals surface area contributed by atoms with Gasteiger partial charge in [0.1, 0.15) is 0 Å². The van der Waals surface area contributed by atoms with Gasteiger partial charge in [0.25, 0.3) is 0 Å². The lowest BCUT2D eigenvalue weighted by Gasteiger charge is -2.47. The molecule has 2 atom stereocenters. The van der Waals surface area contributed by atoms with E-state index in [9.17, 15) is 0 Å². The highest BCUT2D eigenvalue weighted by Gasteiger charge is 2.31. The van der Waals surface area contributed by atoms with Crippen LogP contribution in [0.5, 0.6) is 0 Å². The summed E-state index contributed by atoms with van der Waals surface area (Å²) in [6.07, 6.45) is 1.06. The number of rotatable bonds is 3. The van der Waals surface area contributed by atoms with Gasteiger partial charge < -0.3 is 15.5 Å². The van der Waals surface area contributed by atoms with E-state index in [2.05, 4.69) is 55.8 Å². The SMILES string of the molecule is Cc1cccc(C)c1N1C(C)CN(C)CC1CCN. The summed E-state index contributed by atoms with van der Waals surface area (Å²) >= 11 is 0. The number of hydrogen-bond acceptors (Lipinski definition) is 3. The van der Waals surface area contributed by atoms with Gasteiger partial charge in [-0.15, -0.1) is 0 Å². The second-order valence-electron chi connectivity index (χ2n) is 5.95. The molecule has 1 heterocycles. The van der Waals surface area contributed by atoms with E-state index in [-0.39, 0.29) is 0 Å². The molecule has 0 aliphatic carbocycles. The van der Waals surface area contributed by atoms with Crippen molar-refractivity contribution in [3.63, 3.8) is 0 Å². The third kappa shape index (κ3) is 2.93. The number of hydrogen-bond donors (Lipinski definition) is 1. The lowest BCUT2D eigenvalue weighted by molar-refractivity contribution is 0.227. The maximum absolute atomic E-state index is 5.82. The summed E-state index contributed by atoms with van der Waals surface area (Å²) in [6.45, 7) is 9.74. The smallest absolute Gasteiger partial charge is 0.0432 e. The number of nitrogens with two attached hydrogens (primary N) is 1. The van der Waals surface area contributed by atoms with Gasteiger partial charge in [-0.2, -0.15) is 0 Å². The Morgan fingerprint density at radius 1 is 1.21 bits per heavy atom. The van der Waals surface area contributed by atoms with Gasteiger partial charge in [-0.25, -0.2) is 0 Å². The van der Waals surface area contributed by atoms with E-state index in [4.69, 9.17) is 5.73 Å². The lowest BCUT2D eigenvalue weighted by atomic mass is 9.99. The first-order valence-electron chi connectivity index (χ1n) is 7.27. The minimum Gasteiger partial charge on any atom is -0.363 e. The molecule has 19 heavy (non-hydrogen) atoms. The summed E-state index contributed by atoms with van der Waals surface area (Å²) in [5.41, 5.74) is 9.99. The predicted molar refractivity (Wildman–Crippen MR) is 82.8 cm³/mol. The molecule has 2 N–H and O–H groups in total. The van der Waals surface area contributed by atoms with Gasteiger partial charge in [-0.3, -0.25) is 0 Å². The van der Waals surface area contributed by atoms with Gasteiger partial charge in [0, 0.05) is 30.9 Å². The van der Waals surface area contributed by atoms with E-state index in [0.29, 0.717) is 12.1 Å². The molecule has 0 saturated carbocycles. The molecule has 1 saturated heterocycles. The molecule has 2 unspecified atom stereocenters. The van der Waals surface area contributed by atoms with Gasteiger partial charge >= 0.3 is 0 Å². The Bertz CT molecular complexity index is 410. The monoisotopic (exact) mass is 261 g/mol. The largest absolute Gasteiger partial charge is 0.363 e. The van der Waals surface area contributed by atoms with E-state index < -0.39 is 0 Å². The van der Waals surface area contributed by atoms with Crippen LogP contribution in [0.1, 0.15) is 24.5 Å². The second-order valence-corrected chi connectivity index (χ2v) is 5.95. The number of aryl methyl sites for hydroxylation is 2. The number of para-hydroxylation sites is 1. The highest BCUT2D eigenvalue weighted by Crippen LogP contribution is 2.31. The number of likely N-dealkylation sites (N-methyl/N-ethyl adjacent to an activating group) is 1. The van der Waals surface area contributed by atoms with Crippen LogP contribution in [0.3, 0.4) is 0 Å². The van der Waals surface area contributed by atoms with Crippen LogP contribution >= 0.6 is 0 Å². The molecule has 0 radical (unpaired) electrons. The average Bonchev–Trinajstić information content (AvgIpc) is 2.32. The Morgan fingerprint density at radius 3 is 2.42 bits per heavy atom. The summed E-state index contributed by atoms with van der Waals surface area (Å²) in [7, 11) is 2.21. The van der Waals surface area contributed by atoms with Crippen LogP contribution in [0, 0.1) is 13.8 Å². The normalized spacial score (nSPS) is 24.8. The summed E-state index contributed by atoms with van der Waals surface area (Å²) < 4.78 is 0. The zero-order chi connectivity index (χ0) is 14.0. The van der Waals surface area contributed by atoms with E-state index in [1.807, 2.05) is 0 Å². The molecule has 2 rings (SSSR count). The van der Waals surface area contributed by atoms with E-state index >= 15 is 0 Å². The maximum atomic E-state index is 5.82. The van der Waals surface area contributed by atoms with Crippen molar-refractivity contribution in [3.05, 3.63) is 29.3 Å². The minimum atomic E-state index is 0.526. The molecule has 3 heteroatoms. The van der Waals surface area contributed by atoms with Crippen molar-refractivity contribution < 1.29 is 0 Å². The summed E-state index contributed by atoms with van der Waals surface area (Å²) in [6, 6.07) is 7.64. The van der Waals surface area contributed by atoms with Crippen molar-refractivity contribution in [3.8, 4) is 0 Å². The van der Waals surface area contributed by atoms with Crippen molar-refractivity contribution >= 4 is 5.69 Å². The Hall–Kier alpha value is -1.06. The highest BCUT2D eigenvalue weighted by atomic mass is 15.3. The first kappa shape index (κ1) is 14.4. The Kier molecular flexibility index (Phi) is 4.48. The number of piperazine rings is 1. The zero-order valence-electron chi connectivity index (χ0n) is 12.7. The molecule has 1 aliphatic heterocycles. The highest BCUT2D eigenvalue weighted by molar-refractivity contribution is 5.60. The molecular formula is C16H27N3. The molecule has 1 aromatic rings. The number of anilines is 1. The Morgan fingerprint density at radius 2 is 1.84 bits per heavy atom. The summed E-state index contributed by atoms with van der Waals surface area (Å²) in [5, 5.41) is 0. The predicted octanol–water partition coefficient (Wildman–Crippen LogP) is 2.16. The zero-order valence-corrected chi connectivity index (χ0v) is 12.7. The minimum absolute atomic E-state index is 0.526. The molecule has 0 bridgehead atoms. The second kappa shape index (κ2) is 5.93. The number of nitrogens with zero attached hydrogens (tertiary/aromatic N) is 2. The molecule has 1 aromatic carbocycles. The molecule has 3 nitrogen and oxygen atoms in total. The van der Waals surface area contributed by atoms with Crippen LogP contribution in [-0.4, -0.2) is 43.7 Å². The Labute approximate surface area is 117 Å². The molecular weight excluding hydrogens is 234 g/mol. The van der Waals surface area contributed by atoms with Crippen LogP contribution in [0.4, 0.5) is 5.69 Å². The quantitative estimate of drug-likeness (QED) is 0.905. The fourth-order valence-corrected chi connectivity index (χ4v) is 3.46. The van der Waals surface area contributed by atoms with Crippen LogP contribution in [-0.2, 0) is 0 Å². The van der Waals surface area contributed by atoms with Gasteiger partial charge in [-0.05, 0) is 51.9 Å². The van der Waals surface area contributed by atoms with Crippen molar-refractivity contribution in [1.29, 1.82) is 0 Å². The maximum Gasteiger partial charge on any atom is 0.0432 e. The van der Waals surface area contributed by atoms with Gasteiger partial charge in [-0.1, -0.05) is 18.2 Å². The van der Waals surface area contributed by atoms with Crippen molar-refractivity contribution in [1.82, 2.24) is 4.90 Å². The molecule has 0 amide bonds. The summed E-state index contributed by atoms with van der Waals surface area (Å²) in [5.74, 6) is 0. The van der Waals surface area contributed by atoms with Crippen molar-refractivity contribution in [2.75, 3.05) is 31.6 Å². The van der Waals surface area contributed by atoms with E-state index in [1.165, 1.54) is 16.8 Å². The third-order valence-electron chi connectivity index (χ3n) is 4.16. The average molecular weight is 261 g/mol. The molecule has 1 aliphatic rings. The first-order chi connectivity index (χ1) is 9.04. The van der Waals surface area contributed by atoms with Gasteiger partial charge in [0.05, 0.1) is 0 Å². The van der Waals surface area contributed by atoms with E-state index in [1.54, 1.807) is 0 Å². The molecule has 1 fully saturated rings. The molecule has 0 aromatic heterocycles.